The van der Waals surface area contributed by atoms with Crippen LogP contribution < -0.4 is 4.90 Å². The summed E-state index contributed by atoms with van der Waals surface area (Å²) in [4.78, 5) is 32.7. The molecule has 0 saturated heterocycles. The van der Waals surface area contributed by atoms with E-state index < -0.39 is 0 Å². The average molecular weight is 466 g/mol. The van der Waals surface area contributed by atoms with E-state index in [0.29, 0.717) is 22.5 Å². The maximum Gasteiger partial charge on any atom is 0.268 e. The number of hydrogen-bond acceptors (Lipinski definition) is 3. The van der Waals surface area contributed by atoms with Crippen LogP contribution in [0.3, 0.4) is 0 Å². The maximum atomic E-state index is 13.8. The number of pyridine rings is 1. The van der Waals surface area contributed by atoms with Gasteiger partial charge in [0.1, 0.15) is 0 Å². The highest BCUT2D eigenvalue weighted by atomic mass is 16.2. The normalized spacial score (nSPS) is 13.1. The lowest BCUT2D eigenvalue weighted by atomic mass is 10.0. The van der Waals surface area contributed by atoms with Gasteiger partial charge in [0.15, 0.2) is 0 Å². The minimum absolute atomic E-state index is 0.306. The SMILES string of the molecule is O=C1c2cccc(-n3c4ccccc4c4c(-c5cccnc5)cccc43)c2C(=O)N1c1ccccc1. The van der Waals surface area contributed by atoms with E-state index in [0.717, 1.165) is 32.9 Å². The van der Waals surface area contributed by atoms with Crippen molar-refractivity contribution < 1.29 is 9.59 Å². The summed E-state index contributed by atoms with van der Waals surface area (Å²) in [5, 5.41) is 2.15. The van der Waals surface area contributed by atoms with Crippen LogP contribution in [0.4, 0.5) is 5.69 Å². The number of benzene rings is 4. The Morgan fingerprint density at radius 2 is 1.36 bits per heavy atom. The highest BCUT2D eigenvalue weighted by Crippen LogP contribution is 2.40. The third-order valence-corrected chi connectivity index (χ3v) is 6.82. The van der Waals surface area contributed by atoms with E-state index >= 15 is 0 Å². The number of hydrogen-bond donors (Lipinski definition) is 0. The molecule has 5 heteroatoms. The quantitative estimate of drug-likeness (QED) is 0.275. The molecule has 0 unspecified atom stereocenters. The van der Waals surface area contributed by atoms with Crippen molar-refractivity contribution in [3.05, 3.63) is 127 Å². The molecule has 170 valence electrons. The van der Waals surface area contributed by atoms with Gasteiger partial charge >= 0.3 is 0 Å². The fourth-order valence-electron chi connectivity index (χ4n) is 5.31. The smallest absolute Gasteiger partial charge is 0.268 e. The number of carbonyl (C=O) groups excluding carboxylic acids is 2. The Balaban J connectivity index is 1.54. The molecule has 3 heterocycles. The van der Waals surface area contributed by atoms with Crippen LogP contribution in [0.1, 0.15) is 20.7 Å². The van der Waals surface area contributed by atoms with E-state index in [2.05, 4.69) is 33.8 Å². The number of anilines is 1. The van der Waals surface area contributed by atoms with Gasteiger partial charge in [-0.2, -0.15) is 0 Å². The first kappa shape index (κ1) is 20.4. The third-order valence-electron chi connectivity index (χ3n) is 6.82. The zero-order valence-electron chi connectivity index (χ0n) is 19.1. The van der Waals surface area contributed by atoms with E-state index in [1.54, 1.807) is 24.4 Å². The van der Waals surface area contributed by atoms with Crippen LogP contribution >= 0.6 is 0 Å². The molecule has 0 aliphatic carbocycles. The first-order chi connectivity index (χ1) is 17.7. The number of amides is 2. The summed E-state index contributed by atoms with van der Waals surface area (Å²) in [7, 11) is 0. The molecule has 5 nitrogen and oxygen atoms in total. The molecule has 1 aliphatic heterocycles. The molecule has 2 amide bonds. The first-order valence-electron chi connectivity index (χ1n) is 11.7. The van der Waals surface area contributed by atoms with Gasteiger partial charge in [0, 0.05) is 28.7 Å². The molecule has 4 aromatic carbocycles. The van der Waals surface area contributed by atoms with Gasteiger partial charge in [0.05, 0.1) is 33.5 Å². The highest BCUT2D eigenvalue weighted by Gasteiger charge is 2.39. The van der Waals surface area contributed by atoms with Crippen molar-refractivity contribution in [2.45, 2.75) is 0 Å². The molecule has 7 rings (SSSR count). The van der Waals surface area contributed by atoms with Gasteiger partial charge in [0.25, 0.3) is 11.8 Å². The second kappa shape index (κ2) is 7.75. The summed E-state index contributed by atoms with van der Waals surface area (Å²) in [6.45, 7) is 0. The van der Waals surface area contributed by atoms with Gasteiger partial charge < -0.3 is 4.57 Å². The zero-order chi connectivity index (χ0) is 24.2. The lowest BCUT2D eigenvalue weighted by Crippen LogP contribution is -2.29. The molecule has 0 N–H and O–H groups in total. The zero-order valence-corrected chi connectivity index (χ0v) is 19.1. The molecule has 0 spiro atoms. The minimum atomic E-state index is -0.314. The predicted octanol–water partition coefficient (Wildman–Crippen LogP) is 6.65. The van der Waals surface area contributed by atoms with Crippen LogP contribution in [0, 0.1) is 0 Å². The van der Waals surface area contributed by atoms with Crippen LogP contribution in [0.2, 0.25) is 0 Å². The Hall–Kier alpha value is -5.03. The Kier molecular flexibility index (Phi) is 4.38. The van der Waals surface area contributed by atoms with Gasteiger partial charge in [-0.25, -0.2) is 4.90 Å². The lowest BCUT2D eigenvalue weighted by molar-refractivity contribution is 0.0926. The molecule has 0 bridgehead atoms. The van der Waals surface area contributed by atoms with E-state index in [1.807, 2.05) is 66.9 Å². The van der Waals surface area contributed by atoms with Crippen LogP contribution in [-0.4, -0.2) is 21.4 Å². The van der Waals surface area contributed by atoms with Crippen molar-refractivity contribution in [3.63, 3.8) is 0 Å². The Morgan fingerprint density at radius 1 is 0.611 bits per heavy atom. The van der Waals surface area contributed by atoms with Crippen molar-refractivity contribution in [2.75, 3.05) is 4.90 Å². The minimum Gasteiger partial charge on any atom is -0.308 e. The standard InChI is InChI=1S/C31H19N3O2/c35-30-24-14-7-17-27(29(24)31(36)33(30)21-10-2-1-3-11-21)34-25-15-5-4-12-23(25)28-22(13-6-16-26(28)34)20-9-8-18-32-19-20/h1-19H. The van der Waals surface area contributed by atoms with Gasteiger partial charge in [-0.1, -0.05) is 60.7 Å². The third kappa shape index (κ3) is 2.80. The van der Waals surface area contributed by atoms with E-state index in [-0.39, 0.29) is 11.8 Å². The van der Waals surface area contributed by atoms with Crippen LogP contribution in [0.15, 0.2) is 116 Å². The second-order valence-corrected chi connectivity index (χ2v) is 8.77. The van der Waals surface area contributed by atoms with Gasteiger partial charge in [-0.05, 0) is 48.0 Å². The van der Waals surface area contributed by atoms with E-state index in [9.17, 15) is 9.59 Å². The summed E-state index contributed by atoms with van der Waals surface area (Å²) >= 11 is 0. The number of nitrogens with zero attached hydrogens (tertiary/aromatic N) is 3. The number of fused-ring (bicyclic) bond motifs is 4. The largest absolute Gasteiger partial charge is 0.308 e. The summed E-state index contributed by atoms with van der Waals surface area (Å²) in [6.07, 6.45) is 3.63. The average Bonchev–Trinajstić information content (AvgIpc) is 3.41. The number of imide groups is 1. The van der Waals surface area contributed by atoms with Crippen molar-refractivity contribution in [2.24, 2.45) is 0 Å². The Labute approximate surface area is 206 Å². The molecular weight excluding hydrogens is 446 g/mol. The van der Waals surface area contributed by atoms with Crippen LogP contribution in [0.25, 0.3) is 38.6 Å². The number of para-hydroxylation sites is 2. The summed E-state index contributed by atoms with van der Waals surface area (Å²) in [5.74, 6) is -0.619. The highest BCUT2D eigenvalue weighted by molar-refractivity contribution is 6.35. The van der Waals surface area contributed by atoms with Gasteiger partial charge in [-0.3, -0.25) is 14.6 Å². The predicted molar refractivity (Wildman–Crippen MR) is 142 cm³/mol. The molecule has 0 fully saturated rings. The van der Waals surface area contributed by atoms with E-state index in [1.165, 1.54) is 4.90 Å². The lowest BCUT2D eigenvalue weighted by Gasteiger charge is -2.14. The molecule has 6 aromatic rings. The number of carbonyl (C=O) groups is 2. The molecule has 1 aliphatic rings. The monoisotopic (exact) mass is 465 g/mol. The molecule has 0 atom stereocenters. The van der Waals surface area contributed by atoms with Gasteiger partial charge in [-0.15, -0.1) is 0 Å². The molecular formula is C31H19N3O2. The van der Waals surface area contributed by atoms with Crippen molar-refractivity contribution >= 4 is 39.3 Å². The Bertz CT molecular complexity index is 1820. The number of rotatable bonds is 3. The fourth-order valence-corrected chi connectivity index (χ4v) is 5.31. The summed E-state index contributed by atoms with van der Waals surface area (Å²) < 4.78 is 2.10. The van der Waals surface area contributed by atoms with Crippen LogP contribution in [0.5, 0.6) is 0 Å². The Morgan fingerprint density at radius 3 is 2.19 bits per heavy atom. The van der Waals surface area contributed by atoms with Gasteiger partial charge in [0.2, 0.25) is 0 Å². The fraction of sp³-hybridized carbons (Fsp3) is 0. The second-order valence-electron chi connectivity index (χ2n) is 8.77. The molecule has 2 aromatic heterocycles. The van der Waals surface area contributed by atoms with Crippen molar-refractivity contribution in [1.82, 2.24) is 9.55 Å². The number of aromatic nitrogens is 2. The first-order valence-corrected chi connectivity index (χ1v) is 11.7. The summed E-state index contributed by atoms with van der Waals surface area (Å²) in [5.41, 5.74) is 6.10. The topological polar surface area (TPSA) is 55.2 Å². The van der Waals surface area contributed by atoms with Crippen LogP contribution in [-0.2, 0) is 0 Å². The maximum absolute atomic E-state index is 13.8. The molecule has 36 heavy (non-hydrogen) atoms. The summed E-state index contributed by atoms with van der Waals surface area (Å²) in [6, 6.07) is 32.9. The molecule has 0 radical (unpaired) electrons. The van der Waals surface area contributed by atoms with Crippen molar-refractivity contribution in [1.29, 1.82) is 0 Å². The van der Waals surface area contributed by atoms with Crippen molar-refractivity contribution in [3.8, 4) is 16.8 Å². The van der Waals surface area contributed by atoms with E-state index in [4.69, 9.17) is 0 Å². The molecule has 0 saturated carbocycles.